The Morgan fingerprint density at radius 2 is 1.75 bits per heavy atom. The van der Waals surface area contributed by atoms with Crippen molar-refractivity contribution in [2.24, 2.45) is 5.92 Å². The molecule has 6 heteroatoms. The van der Waals surface area contributed by atoms with Crippen LogP contribution in [0.1, 0.15) is 39.4 Å². The minimum absolute atomic E-state index is 0.527. The Morgan fingerprint density at radius 3 is 2.42 bits per heavy atom. The largest absolute Gasteiger partial charge is 0.494 e. The third kappa shape index (κ3) is 6.02. The summed E-state index contributed by atoms with van der Waals surface area (Å²) in [7, 11) is 0. The van der Waals surface area contributed by atoms with Crippen molar-refractivity contribution < 1.29 is 4.74 Å². The van der Waals surface area contributed by atoms with Gasteiger partial charge in [0.1, 0.15) is 11.6 Å². The molecule has 2 aromatic rings. The van der Waals surface area contributed by atoms with Crippen molar-refractivity contribution in [3.8, 4) is 5.75 Å². The third-order valence-electron chi connectivity index (χ3n) is 3.29. The summed E-state index contributed by atoms with van der Waals surface area (Å²) in [6.07, 6.45) is 2.20. The van der Waals surface area contributed by atoms with Gasteiger partial charge in [0.2, 0.25) is 11.9 Å². The molecule has 0 spiro atoms. The van der Waals surface area contributed by atoms with Crippen LogP contribution in [0.5, 0.6) is 5.75 Å². The number of nitrogens with zero attached hydrogens (tertiary/aromatic N) is 3. The number of anilines is 3. The summed E-state index contributed by atoms with van der Waals surface area (Å²) in [5.74, 6) is 3.21. The van der Waals surface area contributed by atoms with E-state index in [0.29, 0.717) is 23.6 Å². The Labute approximate surface area is 144 Å². The first-order valence-corrected chi connectivity index (χ1v) is 8.53. The van der Waals surface area contributed by atoms with Crippen molar-refractivity contribution in [1.29, 1.82) is 0 Å². The minimum atomic E-state index is 0.527. The molecular formula is C18H27N5O. The molecule has 2 N–H and O–H groups in total. The third-order valence-corrected chi connectivity index (χ3v) is 3.29. The Bertz CT molecular complexity index is 628. The van der Waals surface area contributed by atoms with Crippen LogP contribution >= 0.6 is 0 Å². The van der Waals surface area contributed by atoms with Crippen molar-refractivity contribution in [3.05, 3.63) is 30.1 Å². The summed E-state index contributed by atoms with van der Waals surface area (Å²) in [5.41, 5.74) is 0.915. The van der Waals surface area contributed by atoms with E-state index in [1.807, 2.05) is 31.2 Å². The summed E-state index contributed by atoms with van der Waals surface area (Å²) < 4.78 is 5.67. The maximum absolute atomic E-state index is 5.67. The zero-order valence-electron chi connectivity index (χ0n) is 15.0. The van der Waals surface area contributed by atoms with Gasteiger partial charge in [0, 0.05) is 12.2 Å². The van der Waals surface area contributed by atoms with E-state index in [1.54, 1.807) is 0 Å². The van der Waals surface area contributed by atoms with Gasteiger partial charge in [-0.05, 0) is 43.5 Å². The number of benzene rings is 1. The van der Waals surface area contributed by atoms with E-state index >= 15 is 0 Å². The standard InChI is InChI=1S/C18H27N5O/c1-5-6-11-24-16-9-7-15(8-10-16)22-18-21-14(4)20-17(23-18)19-12-13(2)3/h7-10,13H,5-6,11-12H2,1-4H3,(H2,19,20,21,22,23). The number of aryl methyl sites for hydroxylation is 1. The SMILES string of the molecule is CCCCOc1ccc(Nc2nc(C)nc(NCC(C)C)n2)cc1. The summed E-state index contributed by atoms with van der Waals surface area (Å²) in [6, 6.07) is 7.82. The van der Waals surface area contributed by atoms with Crippen LogP contribution in [-0.4, -0.2) is 28.1 Å². The first-order valence-electron chi connectivity index (χ1n) is 8.53. The first-order chi connectivity index (χ1) is 11.6. The van der Waals surface area contributed by atoms with Crippen LogP contribution in [0.2, 0.25) is 0 Å². The van der Waals surface area contributed by atoms with Gasteiger partial charge in [-0.3, -0.25) is 0 Å². The maximum Gasteiger partial charge on any atom is 0.232 e. The number of nitrogens with one attached hydrogen (secondary N) is 2. The maximum atomic E-state index is 5.67. The van der Waals surface area contributed by atoms with Gasteiger partial charge in [0.25, 0.3) is 0 Å². The lowest BCUT2D eigenvalue weighted by Gasteiger charge is -2.11. The van der Waals surface area contributed by atoms with E-state index in [2.05, 4.69) is 46.4 Å². The van der Waals surface area contributed by atoms with Crippen molar-refractivity contribution in [2.75, 3.05) is 23.8 Å². The highest BCUT2D eigenvalue weighted by Gasteiger charge is 2.05. The summed E-state index contributed by atoms with van der Waals surface area (Å²) in [4.78, 5) is 13.1. The molecule has 0 atom stereocenters. The molecule has 1 heterocycles. The number of hydrogen-bond acceptors (Lipinski definition) is 6. The van der Waals surface area contributed by atoms with E-state index < -0.39 is 0 Å². The summed E-state index contributed by atoms with van der Waals surface area (Å²) in [6.45, 7) is 9.87. The highest BCUT2D eigenvalue weighted by atomic mass is 16.5. The fourth-order valence-electron chi connectivity index (χ4n) is 2.01. The van der Waals surface area contributed by atoms with Gasteiger partial charge < -0.3 is 15.4 Å². The molecule has 2 rings (SSSR count). The molecule has 130 valence electrons. The number of unbranched alkanes of at least 4 members (excludes halogenated alkanes) is 1. The Balaban J connectivity index is 1.99. The zero-order valence-corrected chi connectivity index (χ0v) is 15.0. The monoisotopic (exact) mass is 329 g/mol. The Hall–Kier alpha value is -2.37. The normalized spacial score (nSPS) is 10.7. The second-order valence-corrected chi connectivity index (χ2v) is 6.16. The molecule has 0 aliphatic heterocycles. The molecule has 0 aliphatic carbocycles. The summed E-state index contributed by atoms with van der Waals surface area (Å²) in [5, 5.41) is 6.44. The molecule has 24 heavy (non-hydrogen) atoms. The lowest BCUT2D eigenvalue weighted by molar-refractivity contribution is 0.309. The van der Waals surface area contributed by atoms with E-state index in [-0.39, 0.29) is 0 Å². The lowest BCUT2D eigenvalue weighted by atomic mass is 10.2. The van der Waals surface area contributed by atoms with Crippen LogP contribution in [0.3, 0.4) is 0 Å². The second-order valence-electron chi connectivity index (χ2n) is 6.16. The molecule has 6 nitrogen and oxygen atoms in total. The fraction of sp³-hybridized carbons (Fsp3) is 0.500. The highest BCUT2D eigenvalue weighted by molar-refractivity contribution is 5.55. The van der Waals surface area contributed by atoms with Crippen molar-refractivity contribution in [1.82, 2.24) is 15.0 Å². The number of hydrogen-bond donors (Lipinski definition) is 2. The number of rotatable bonds is 9. The van der Waals surface area contributed by atoms with Crippen molar-refractivity contribution in [3.63, 3.8) is 0 Å². The van der Waals surface area contributed by atoms with Gasteiger partial charge in [-0.2, -0.15) is 15.0 Å². The van der Waals surface area contributed by atoms with Gasteiger partial charge in [-0.15, -0.1) is 0 Å². The van der Waals surface area contributed by atoms with Gasteiger partial charge >= 0.3 is 0 Å². The van der Waals surface area contributed by atoms with Crippen LogP contribution in [0, 0.1) is 12.8 Å². The van der Waals surface area contributed by atoms with Crippen LogP contribution in [0.15, 0.2) is 24.3 Å². The lowest BCUT2D eigenvalue weighted by Crippen LogP contribution is -2.12. The molecule has 0 bridgehead atoms. The average molecular weight is 329 g/mol. The molecule has 0 radical (unpaired) electrons. The van der Waals surface area contributed by atoms with Gasteiger partial charge in [0.05, 0.1) is 6.61 Å². The predicted octanol–water partition coefficient (Wildman–Crippen LogP) is 4.17. The predicted molar refractivity (Wildman–Crippen MR) is 98.0 cm³/mol. The van der Waals surface area contributed by atoms with E-state index in [0.717, 1.165) is 37.4 Å². The Morgan fingerprint density at radius 1 is 1.04 bits per heavy atom. The van der Waals surface area contributed by atoms with E-state index in [9.17, 15) is 0 Å². The molecule has 1 aromatic carbocycles. The molecule has 0 amide bonds. The quantitative estimate of drug-likeness (QED) is 0.673. The van der Waals surface area contributed by atoms with Crippen LogP contribution in [0.25, 0.3) is 0 Å². The first kappa shape index (κ1) is 18.0. The Kier molecular flexibility index (Phi) is 6.78. The second kappa shape index (κ2) is 9.05. The molecular weight excluding hydrogens is 302 g/mol. The molecule has 0 saturated carbocycles. The molecule has 0 fully saturated rings. The summed E-state index contributed by atoms with van der Waals surface area (Å²) >= 11 is 0. The molecule has 0 saturated heterocycles. The van der Waals surface area contributed by atoms with Crippen molar-refractivity contribution >= 4 is 17.6 Å². The van der Waals surface area contributed by atoms with Gasteiger partial charge in [0.15, 0.2) is 0 Å². The zero-order chi connectivity index (χ0) is 17.4. The van der Waals surface area contributed by atoms with Gasteiger partial charge in [-0.25, -0.2) is 0 Å². The minimum Gasteiger partial charge on any atom is -0.494 e. The van der Waals surface area contributed by atoms with Crippen LogP contribution in [-0.2, 0) is 0 Å². The number of aromatic nitrogens is 3. The smallest absolute Gasteiger partial charge is 0.232 e. The molecule has 0 unspecified atom stereocenters. The van der Waals surface area contributed by atoms with Gasteiger partial charge in [-0.1, -0.05) is 27.2 Å². The fourth-order valence-corrected chi connectivity index (χ4v) is 2.01. The van der Waals surface area contributed by atoms with E-state index in [1.165, 1.54) is 0 Å². The van der Waals surface area contributed by atoms with Crippen LogP contribution < -0.4 is 15.4 Å². The van der Waals surface area contributed by atoms with Crippen LogP contribution in [0.4, 0.5) is 17.6 Å². The average Bonchev–Trinajstić information content (AvgIpc) is 2.54. The van der Waals surface area contributed by atoms with E-state index in [4.69, 9.17) is 4.74 Å². The topological polar surface area (TPSA) is 72.0 Å². The molecule has 1 aromatic heterocycles. The highest BCUT2D eigenvalue weighted by Crippen LogP contribution is 2.19. The van der Waals surface area contributed by atoms with Crippen molar-refractivity contribution in [2.45, 2.75) is 40.5 Å². The number of ether oxygens (including phenoxy) is 1. The molecule has 0 aliphatic rings.